The molecule has 9 nitrogen and oxygen atoms in total. The molecule has 2 heterocycles. The van der Waals surface area contributed by atoms with Gasteiger partial charge in [0.2, 0.25) is 10.0 Å². The average Bonchev–Trinajstić information content (AvgIpc) is 3.25. The van der Waals surface area contributed by atoms with Crippen molar-refractivity contribution in [3.63, 3.8) is 0 Å². The number of anilines is 1. The zero-order chi connectivity index (χ0) is 22.8. The molecular formula is C21H28N4O5S. The van der Waals surface area contributed by atoms with Crippen molar-refractivity contribution in [3.05, 3.63) is 22.9 Å². The lowest BCUT2D eigenvalue weighted by Crippen LogP contribution is -2.57. The van der Waals surface area contributed by atoms with Gasteiger partial charge in [0.15, 0.2) is 0 Å². The Labute approximate surface area is 182 Å². The van der Waals surface area contributed by atoms with Gasteiger partial charge >= 0.3 is 5.97 Å². The Bertz CT molecular complexity index is 1010. The second-order valence-corrected chi connectivity index (χ2v) is 10.00. The van der Waals surface area contributed by atoms with Crippen LogP contribution in [-0.2, 0) is 19.6 Å². The molecule has 3 atom stereocenters. The number of nitrogens with one attached hydrogen (secondary N) is 1. The first-order valence-corrected chi connectivity index (χ1v) is 12.4. The second-order valence-electron chi connectivity index (χ2n) is 8.25. The number of fused-ring (bicyclic) bond motifs is 1. The van der Waals surface area contributed by atoms with Crippen molar-refractivity contribution in [2.75, 3.05) is 24.3 Å². The number of pyridine rings is 1. The Hall–Kier alpha value is -2.67. The molecule has 4 rings (SSSR count). The molecule has 2 saturated carbocycles. The van der Waals surface area contributed by atoms with Crippen LogP contribution in [0, 0.1) is 30.1 Å². The molecule has 3 aliphatic rings. The van der Waals surface area contributed by atoms with Gasteiger partial charge in [-0.3, -0.25) is 9.52 Å². The Morgan fingerprint density at radius 3 is 2.42 bits per heavy atom. The molecule has 1 aromatic heterocycles. The number of sulfonamides is 1. The van der Waals surface area contributed by atoms with E-state index in [0.717, 1.165) is 6.26 Å². The first kappa shape index (κ1) is 23.0. The largest absolute Gasteiger partial charge is 0.462 e. The second kappa shape index (κ2) is 9.22. The van der Waals surface area contributed by atoms with Crippen LogP contribution >= 0.6 is 0 Å². The molecule has 3 fully saturated rings. The average molecular weight is 449 g/mol. The molecule has 1 amide bonds. The number of carbonyl (C=O) groups excluding carboxylic acids is 2. The van der Waals surface area contributed by atoms with Gasteiger partial charge in [-0.05, 0) is 44.6 Å². The zero-order valence-electron chi connectivity index (χ0n) is 18.1. The first-order valence-electron chi connectivity index (χ1n) is 10.5. The van der Waals surface area contributed by atoms with E-state index in [1.54, 1.807) is 38.0 Å². The van der Waals surface area contributed by atoms with Gasteiger partial charge in [0.05, 0.1) is 29.7 Å². The van der Waals surface area contributed by atoms with Crippen LogP contribution in [0.5, 0.6) is 0 Å². The summed E-state index contributed by atoms with van der Waals surface area (Å²) in [4.78, 5) is 29.8. The number of hydrogen-bond acceptors (Lipinski definition) is 8. The van der Waals surface area contributed by atoms with Gasteiger partial charge in [0, 0.05) is 6.54 Å². The van der Waals surface area contributed by atoms with E-state index in [-0.39, 0.29) is 23.6 Å². The maximum absolute atomic E-state index is 12.1. The zero-order valence-corrected chi connectivity index (χ0v) is 18.9. The summed E-state index contributed by atoms with van der Waals surface area (Å²) in [6.45, 7) is 3.91. The number of hydrogen-bond donors (Lipinski definition) is 1. The number of carbonyl (C=O) groups is 2. The Balaban J connectivity index is 0.000000381. The standard InChI is InChI=1S/C15H18N4O5S.C6H10/c1-4-24-15(21)11-7-10(8-16)13(17-9(11)2)19-6-5-12(19)14(20)18-25(3,22)23;1-2-5-4-6(5)3-1/h7,12H,4-6H2,1-3H3,(H,18,20);5-6H,1-4H2. The van der Waals surface area contributed by atoms with Crippen LogP contribution in [0.2, 0.25) is 0 Å². The lowest BCUT2D eigenvalue weighted by atomic mass is 10.0. The highest BCUT2D eigenvalue weighted by Crippen LogP contribution is 2.51. The SMILES string of the molecule is C1CC2CC2C1.CCOC(=O)c1cc(C#N)c(N2CCC2C(=O)NS(C)(=O)=O)nc1C. The van der Waals surface area contributed by atoms with Crippen molar-refractivity contribution >= 4 is 27.7 Å². The molecule has 1 aromatic rings. The molecule has 3 unspecified atom stereocenters. The van der Waals surface area contributed by atoms with Crippen molar-refractivity contribution in [3.8, 4) is 6.07 Å². The summed E-state index contributed by atoms with van der Waals surface area (Å²) < 4.78 is 29.3. The Morgan fingerprint density at radius 1 is 1.32 bits per heavy atom. The van der Waals surface area contributed by atoms with Crippen LogP contribution in [0.1, 0.15) is 60.6 Å². The third kappa shape index (κ3) is 5.53. The van der Waals surface area contributed by atoms with Crippen LogP contribution < -0.4 is 9.62 Å². The van der Waals surface area contributed by atoms with Gasteiger partial charge < -0.3 is 9.64 Å². The number of ether oxygens (including phenoxy) is 1. The molecule has 31 heavy (non-hydrogen) atoms. The molecule has 1 saturated heterocycles. The van der Waals surface area contributed by atoms with Gasteiger partial charge in [-0.25, -0.2) is 18.2 Å². The number of esters is 1. The van der Waals surface area contributed by atoms with E-state index in [9.17, 15) is 23.3 Å². The fourth-order valence-corrected chi connectivity index (χ4v) is 4.63. The van der Waals surface area contributed by atoms with E-state index in [4.69, 9.17) is 4.74 Å². The van der Waals surface area contributed by atoms with Crippen LogP contribution in [0.3, 0.4) is 0 Å². The Morgan fingerprint density at radius 2 is 2.00 bits per heavy atom. The number of aromatic nitrogens is 1. The minimum Gasteiger partial charge on any atom is -0.462 e. The molecule has 0 bridgehead atoms. The third-order valence-corrected chi connectivity index (χ3v) is 6.48. The highest BCUT2D eigenvalue weighted by atomic mass is 32.2. The molecule has 168 valence electrons. The van der Waals surface area contributed by atoms with E-state index < -0.39 is 27.9 Å². The summed E-state index contributed by atoms with van der Waals surface area (Å²) in [5.74, 6) is 1.42. The maximum atomic E-state index is 12.1. The molecule has 0 spiro atoms. The molecule has 1 N–H and O–H groups in total. The number of nitrogens with zero attached hydrogens (tertiary/aromatic N) is 3. The molecule has 2 aliphatic carbocycles. The van der Waals surface area contributed by atoms with E-state index >= 15 is 0 Å². The fourth-order valence-electron chi connectivity index (χ4n) is 4.13. The molecule has 10 heteroatoms. The lowest BCUT2D eigenvalue weighted by Gasteiger charge is -2.40. The predicted molar refractivity (Wildman–Crippen MR) is 114 cm³/mol. The van der Waals surface area contributed by atoms with Gasteiger partial charge in [-0.15, -0.1) is 0 Å². The van der Waals surface area contributed by atoms with Gasteiger partial charge in [0.25, 0.3) is 5.91 Å². The summed E-state index contributed by atoms with van der Waals surface area (Å²) in [7, 11) is -3.67. The number of aryl methyl sites for hydroxylation is 1. The minimum atomic E-state index is -3.67. The predicted octanol–water partition coefficient (Wildman–Crippen LogP) is 1.90. The highest BCUT2D eigenvalue weighted by Gasteiger charge is 2.40. The van der Waals surface area contributed by atoms with E-state index in [1.807, 2.05) is 10.8 Å². The van der Waals surface area contributed by atoms with Crippen molar-refractivity contribution in [1.82, 2.24) is 9.71 Å². The molecule has 1 aliphatic heterocycles. The summed E-state index contributed by atoms with van der Waals surface area (Å²) in [6, 6.07) is 2.60. The molecule has 0 aromatic carbocycles. The number of rotatable bonds is 5. The number of amides is 1. The topological polar surface area (TPSA) is 129 Å². The van der Waals surface area contributed by atoms with Gasteiger partial charge in [-0.1, -0.05) is 19.3 Å². The van der Waals surface area contributed by atoms with E-state index in [0.29, 0.717) is 18.7 Å². The van der Waals surface area contributed by atoms with Gasteiger partial charge in [-0.2, -0.15) is 5.26 Å². The summed E-state index contributed by atoms with van der Waals surface area (Å²) in [5, 5.41) is 9.36. The van der Waals surface area contributed by atoms with Crippen LogP contribution in [0.25, 0.3) is 0 Å². The maximum Gasteiger partial charge on any atom is 0.340 e. The summed E-state index contributed by atoms with van der Waals surface area (Å²) in [5.41, 5.74) is 0.659. The monoisotopic (exact) mass is 448 g/mol. The van der Waals surface area contributed by atoms with Crippen molar-refractivity contribution < 1.29 is 22.7 Å². The molecular weight excluding hydrogens is 420 g/mol. The highest BCUT2D eigenvalue weighted by molar-refractivity contribution is 7.89. The fraction of sp³-hybridized carbons (Fsp3) is 0.619. The van der Waals surface area contributed by atoms with Crippen LogP contribution in [0.4, 0.5) is 5.82 Å². The quantitative estimate of drug-likeness (QED) is 0.676. The van der Waals surface area contributed by atoms with Crippen molar-refractivity contribution in [2.45, 2.75) is 52.0 Å². The van der Waals surface area contributed by atoms with Crippen LogP contribution in [0.15, 0.2) is 6.07 Å². The lowest BCUT2D eigenvalue weighted by molar-refractivity contribution is -0.121. The third-order valence-electron chi connectivity index (χ3n) is 5.91. The number of nitriles is 1. The van der Waals surface area contributed by atoms with Crippen LogP contribution in [-0.4, -0.2) is 50.7 Å². The van der Waals surface area contributed by atoms with Gasteiger partial charge in [0.1, 0.15) is 17.9 Å². The summed E-state index contributed by atoms with van der Waals surface area (Å²) >= 11 is 0. The Kier molecular flexibility index (Phi) is 6.84. The summed E-state index contributed by atoms with van der Waals surface area (Å²) in [6.07, 6.45) is 7.57. The molecule has 0 radical (unpaired) electrons. The first-order chi connectivity index (χ1) is 14.6. The van der Waals surface area contributed by atoms with E-state index in [1.165, 1.54) is 24.3 Å². The minimum absolute atomic E-state index is 0.116. The smallest absolute Gasteiger partial charge is 0.340 e. The van der Waals surface area contributed by atoms with Crippen molar-refractivity contribution in [2.24, 2.45) is 11.8 Å². The normalized spacial score (nSPS) is 23.4. The van der Waals surface area contributed by atoms with Crippen molar-refractivity contribution in [1.29, 1.82) is 5.26 Å². The van der Waals surface area contributed by atoms with E-state index in [2.05, 4.69) is 4.98 Å².